The monoisotopic (exact) mass is 298 g/mol. The van der Waals surface area contributed by atoms with E-state index in [1.807, 2.05) is 18.5 Å². The zero-order chi connectivity index (χ0) is 15.4. The Balaban J connectivity index is 1.72. The summed E-state index contributed by atoms with van der Waals surface area (Å²) in [5, 5.41) is 0. The standard InChI is InChI=1S/C17H22N4O/c1-3-4-17-19-10-13-11-21(8-6-15(13)20-17)12-14-9-18-7-5-16(14)22-2/h5,7,9-10H,3-4,6,8,11-12H2,1-2H3. The fourth-order valence-corrected chi connectivity index (χ4v) is 2.87. The van der Waals surface area contributed by atoms with E-state index in [0.717, 1.165) is 56.0 Å². The Morgan fingerprint density at radius 2 is 2.23 bits per heavy atom. The summed E-state index contributed by atoms with van der Waals surface area (Å²) in [5.74, 6) is 1.87. The summed E-state index contributed by atoms with van der Waals surface area (Å²) in [5.41, 5.74) is 3.58. The van der Waals surface area contributed by atoms with Gasteiger partial charge in [-0.2, -0.15) is 0 Å². The van der Waals surface area contributed by atoms with Crippen LogP contribution in [0.1, 0.15) is 36.0 Å². The van der Waals surface area contributed by atoms with Crippen LogP contribution in [0.2, 0.25) is 0 Å². The van der Waals surface area contributed by atoms with Crippen molar-refractivity contribution in [2.24, 2.45) is 0 Å². The Kier molecular flexibility index (Phi) is 4.63. The van der Waals surface area contributed by atoms with Crippen LogP contribution < -0.4 is 4.74 Å². The van der Waals surface area contributed by atoms with Crippen molar-refractivity contribution in [1.29, 1.82) is 0 Å². The highest BCUT2D eigenvalue weighted by Crippen LogP contribution is 2.22. The molecule has 0 saturated carbocycles. The third-order valence-corrected chi connectivity index (χ3v) is 4.01. The molecule has 0 spiro atoms. The second kappa shape index (κ2) is 6.83. The largest absolute Gasteiger partial charge is 0.496 e. The first-order chi connectivity index (χ1) is 10.8. The fourth-order valence-electron chi connectivity index (χ4n) is 2.87. The predicted molar refractivity (Wildman–Crippen MR) is 84.6 cm³/mol. The summed E-state index contributed by atoms with van der Waals surface area (Å²) < 4.78 is 5.41. The molecule has 0 aromatic carbocycles. The maximum atomic E-state index is 5.41. The highest BCUT2D eigenvalue weighted by atomic mass is 16.5. The Morgan fingerprint density at radius 3 is 3.05 bits per heavy atom. The van der Waals surface area contributed by atoms with Gasteiger partial charge in [-0.25, -0.2) is 9.97 Å². The highest BCUT2D eigenvalue weighted by Gasteiger charge is 2.19. The third-order valence-electron chi connectivity index (χ3n) is 4.01. The molecule has 2 aromatic heterocycles. The zero-order valence-electron chi connectivity index (χ0n) is 13.2. The van der Waals surface area contributed by atoms with E-state index in [4.69, 9.17) is 9.72 Å². The van der Waals surface area contributed by atoms with E-state index in [-0.39, 0.29) is 0 Å². The molecule has 22 heavy (non-hydrogen) atoms. The molecule has 5 heteroatoms. The molecule has 0 unspecified atom stereocenters. The Hall–Kier alpha value is -2.01. The van der Waals surface area contributed by atoms with E-state index in [1.165, 1.54) is 11.3 Å². The molecule has 0 amide bonds. The number of rotatable bonds is 5. The van der Waals surface area contributed by atoms with Crippen LogP contribution in [0.3, 0.4) is 0 Å². The van der Waals surface area contributed by atoms with Gasteiger partial charge in [0, 0.05) is 67.9 Å². The number of hydrogen-bond acceptors (Lipinski definition) is 5. The van der Waals surface area contributed by atoms with Crippen molar-refractivity contribution in [2.75, 3.05) is 13.7 Å². The number of aromatic nitrogens is 3. The minimum atomic E-state index is 0.840. The Bertz CT molecular complexity index is 644. The quantitative estimate of drug-likeness (QED) is 0.848. The number of aryl methyl sites for hydroxylation is 1. The molecule has 1 aliphatic heterocycles. The van der Waals surface area contributed by atoms with Crippen molar-refractivity contribution in [3.05, 3.63) is 47.3 Å². The summed E-state index contributed by atoms with van der Waals surface area (Å²) in [4.78, 5) is 15.8. The van der Waals surface area contributed by atoms with Gasteiger partial charge in [0.25, 0.3) is 0 Å². The highest BCUT2D eigenvalue weighted by molar-refractivity contribution is 5.30. The van der Waals surface area contributed by atoms with E-state index < -0.39 is 0 Å². The van der Waals surface area contributed by atoms with Crippen molar-refractivity contribution in [2.45, 2.75) is 39.3 Å². The predicted octanol–water partition coefficient (Wildman–Crippen LogP) is 2.39. The van der Waals surface area contributed by atoms with Gasteiger partial charge in [-0.15, -0.1) is 0 Å². The second-order valence-corrected chi connectivity index (χ2v) is 5.66. The minimum absolute atomic E-state index is 0.840. The topological polar surface area (TPSA) is 51.1 Å². The molecule has 3 rings (SSSR count). The lowest BCUT2D eigenvalue weighted by Gasteiger charge is -2.28. The first-order valence-corrected chi connectivity index (χ1v) is 7.83. The number of ether oxygens (including phenoxy) is 1. The average Bonchev–Trinajstić information content (AvgIpc) is 2.56. The SMILES string of the molecule is CCCc1ncc2c(n1)CCN(Cc1cnccc1OC)C2. The van der Waals surface area contributed by atoms with Crippen LogP contribution >= 0.6 is 0 Å². The summed E-state index contributed by atoms with van der Waals surface area (Å²) >= 11 is 0. The van der Waals surface area contributed by atoms with Crippen LogP contribution in [-0.2, 0) is 25.9 Å². The van der Waals surface area contributed by atoms with E-state index in [9.17, 15) is 0 Å². The minimum Gasteiger partial charge on any atom is -0.496 e. The van der Waals surface area contributed by atoms with Gasteiger partial charge in [-0.3, -0.25) is 9.88 Å². The number of pyridine rings is 1. The molecule has 3 heterocycles. The van der Waals surface area contributed by atoms with Gasteiger partial charge in [0.05, 0.1) is 7.11 Å². The zero-order valence-corrected chi connectivity index (χ0v) is 13.2. The van der Waals surface area contributed by atoms with Gasteiger partial charge in [0.2, 0.25) is 0 Å². The molecule has 0 saturated heterocycles. The van der Waals surface area contributed by atoms with Crippen molar-refractivity contribution in [3.63, 3.8) is 0 Å². The number of methoxy groups -OCH3 is 1. The summed E-state index contributed by atoms with van der Waals surface area (Å²) in [6.07, 6.45) is 8.68. The fraction of sp³-hybridized carbons (Fsp3) is 0.471. The van der Waals surface area contributed by atoms with Gasteiger partial charge in [-0.1, -0.05) is 6.92 Å². The van der Waals surface area contributed by atoms with E-state index in [0.29, 0.717) is 0 Å². The Morgan fingerprint density at radius 1 is 1.32 bits per heavy atom. The van der Waals surface area contributed by atoms with Crippen molar-refractivity contribution < 1.29 is 4.74 Å². The smallest absolute Gasteiger partial charge is 0.128 e. The number of nitrogens with zero attached hydrogens (tertiary/aromatic N) is 4. The molecular weight excluding hydrogens is 276 g/mol. The van der Waals surface area contributed by atoms with Gasteiger partial charge in [0.1, 0.15) is 11.6 Å². The van der Waals surface area contributed by atoms with E-state index >= 15 is 0 Å². The van der Waals surface area contributed by atoms with Crippen LogP contribution in [0.5, 0.6) is 5.75 Å². The molecule has 0 atom stereocenters. The van der Waals surface area contributed by atoms with Crippen molar-refractivity contribution in [1.82, 2.24) is 19.9 Å². The summed E-state index contributed by atoms with van der Waals surface area (Å²) in [7, 11) is 1.70. The average molecular weight is 298 g/mol. The van der Waals surface area contributed by atoms with Crippen LogP contribution in [0, 0.1) is 0 Å². The maximum Gasteiger partial charge on any atom is 0.128 e. The molecule has 116 valence electrons. The molecule has 2 aromatic rings. The van der Waals surface area contributed by atoms with E-state index in [1.54, 1.807) is 13.3 Å². The molecule has 0 radical (unpaired) electrons. The first kappa shape index (κ1) is 14.9. The molecule has 1 aliphatic rings. The lowest BCUT2D eigenvalue weighted by Crippen LogP contribution is -2.31. The van der Waals surface area contributed by atoms with Crippen molar-refractivity contribution >= 4 is 0 Å². The number of hydrogen-bond donors (Lipinski definition) is 0. The summed E-state index contributed by atoms with van der Waals surface area (Å²) in [6.45, 7) is 4.90. The van der Waals surface area contributed by atoms with Crippen LogP contribution in [0.15, 0.2) is 24.7 Å². The first-order valence-electron chi connectivity index (χ1n) is 7.83. The van der Waals surface area contributed by atoms with Crippen LogP contribution in [0.4, 0.5) is 0 Å². The van der Waals surface area contributed by atoms with E-state index in [2.05, 4.69) is 21.8 Å². The molecule has 0 bridgehead atoms. The van der Waals surface area contributed by atoms with Gasteiger partial charge in [0.15, 0.2) is 0 Å². The van der Waals surface area contributed by atoms with Gasteiger partial charge in [-0.05, 0) is 12.5 Å². The summed E-state index contributed by atoms with van der Waals surface area (Å²) in [6, 6.07) is 1.91. The molecule has 0 aliphatic carbocycles. The number of fused-ring (bicyclic) bond motifs is 1. The second-order valence-electron chi connectivity index (χ2n) is 5.66. The molecular formula is C17H22N4O. The van der Waals surface area contributed by atoms with Crippen LogP contribution in [0.25, 0.3) is 0 Å². The molecule has 0 fully saturated rings. The Labute approximate surface area is 131 Å². The molecule has 0 N–H and O–H groups in total. The lowest BCUT2D eigenvalue weighted by atomic mass is 10.1. The molecule has 5 nitrogen and oxygen atoms in total. The third kappa shape index (κ3) is 3.25. The van der Waals surface area contributed by atoms with Crippen molar-refractivity contribution in [3.8, 4) is 5.75 Å². The van der Waals surface area contributed by atoms with Gasteiger partial charge >= 0.3 is 0 Å². The van der Waals surface area contributed by atoms with Gasteiger partial charge < -0.3 is 4.74 Å². The van der Waals surface area contributed by atoms with Crippen LogP contribution in [-0.4, -0.2) is 33.5 Å². The maximum absolute atomic E-state index is 5.41. The lowest BCUT2D eigenvalue weighted by molar-refractivity contribution is 0.238. The normalized spacial score (nSPS) is 14.6.